The number of fused-ring (bicyclic) bond motifs is 1. The van der Waals surface area contributed by atoms with Crippen LogP contribution in [0, 0.1) is 0 Å². The Morgan fingerprint density at radius 2 is 1.79 bits per heavy atom. The van der Waals surface area contributed by atoms with Crippen LogP contribution in [-0.4, -0.2) is 17.1 Å². The van der Waals surface area contributed by atoms with Crippen LogP contribution in [0.3, 0.4) is 0 Å². The molecule has 0 aliphatic heterocycles. The van der Waals surface area contributed by atoms with E-state index in [9.17, 15) is 4.79 Å². The first-order chi connectivity index (χ1) is 11.8. The average Bonchev–Trinajstić information content (AvgIpc) is 3.24. The number of benzene rings is 2. The third kappa shape index (κ3) is 3.11. The molecule has 0 saturated heterocycles. The van der Waals surface area contributed by atoms with Crippen LogP contribution in [-0.2, 0) is 0 Å². The van der Waals surface area contributed by atoms with Crippen LogP contribution in [0.2, 0.25) is 0 Å². The van der Waals surface area contributed by atoms with Crippen molar-refractivity contribution < 1.29 is 9.21 Å². The number of urea groups is 1. The zero-order valence-electron chi connectivity index (χ0n) is 13.3. The second kappa shape index (κ2) is 6.35. The van der Waals surface area contributed by atoms with Crippen LogP contribution in [0.15, 0.2) is 52.9 Å². The van der Waals surface area contributed by atoms with Gasteiger partial charge < -0.3 is 15.1 Å². The molecule has 4 rings (SSSR count). The number of para-hydroxylation sites is 2. The summed E-state index contributed by atoms with van der Waals surface area (Å²) in [5.74, 6) is 0.582. The molecule has 1 saturated carbocycles. The molecule has 24 heavy (non-hydrogen) atoms. The maximum absolute atomic E-state index is 12.0. The van der Waals surface area contributed by atoms with E-state index in [0.29, 0.717) is 11.9 Å². The molecule has 1 aromatic heterocycles. The number of rotatable bonds is 3. The molecule has 5 heteroatoms. The molecule has 5 nitrogen and oxygen atoms in total. The summed E-state index contributed by atoms with van der Waals surface area (Å²) < 4.78 is 5.75. The average molecular weight is 321 g/mol. The van der Waals surface area contributed by atoms with Crippen LogP contribution < -0.4 is 10.6 Å². The van der Waals surface area contributed by atoms with Gasteiger partial charge in [0.1, 0.15) is 5.52 Å². The van der Waals surface area contributed by atoms with Crippen LogP contribution in [0.4, 0.5) is 10.5 Å². The zero-order valence-corrected chi connectivity index (χ0v) is 13.3. The number of nitrogens with one attached hydrogen (secondary N) is 2. The van der Waals surface area contributed by atoms with E-state index in [0.717, 1.165) is 35.2 Å². The SMILES string of the molecule is O=C(Nc1ccc(-c2nc3ccccc3o2)cc1)NC1CCCC1. The lowest BCUT2D eigenvalue weighted by atomic mass is 10.2. The van der Waals surface area contributed by atoms with Gasteiger partial charge in [0.2, 0.25) is 5.89 Å². The van der Waals surface area contributed by atoms with Crippen molar-refractivity contribution in [3.05, 3.63) is 48.5 Å². The minimum atomic E-state index is -0.142. The van der Waals surface area contributed by atoms with Crippen molar-refractivity contribution in [2.24, 2.45) is 0 Å². The standard InChI is InChI=1S/C19H19N3O2/c23-19(20-14-5-1-2-6-14)21-15-11-9-13(10-12-15)18-22-16-7-3-4-8-17(16)24-18/h3-4,7-12,14H,1-2,5-6H2,(H2,20,21,23). The molecule has 0 radical (unpaired) electrons. The normalized spacial score (nSPS) is 14.8. The van der Waals surface area contributed by atoms with E-state index in [-0.39, 0.29) is 6.03 Å². The molecule has 1 aliphatic carbocycles. The minimum absolute atomic E-state index is 0.142. The van der Waals surface area contributed by atoms with Crippen molar-refractivity contribution in [1.29, 1.82) is 0 Å². The number of hydrogen-bond acceptors (Lipinski definition) is 3. The maximum Gasteiger partial charge on any atom is 0.319 e. The third-order valence-electron chi connectivity index (χ3n) is 4.37. The zero-order chi connectivity index (χ0) is 16.4. The lowest BCUT2D eigenvalue weighted by molar-refractivity contribution is 0.248. The van der Waals surface area contributed by atoms with Crippen molar-refractivity contribution in [3.63, 3.8) is 0 Å². The van der Waals surface area contributed by atoms with E-state index in [1.807, 2.05) is 48.5 Å². The third-order valence-corrected chi connectivity index (χ3v) is 4.37. The van der Waals surface area contributed by atoms with Crippen LogP contribution in [0.25, 0.3) is 22.6 Å². The summed E-state index contributed by atoms with van der Waals surface area (Å²) >= 11 is 0. The molecule has 2 aromatic carbocycles. The van der Waals surface area contributed by atoms with Gasteiger partial charge in [-0.15, -0.1) is 0 Å². The van der Waals surface area contributed by atoms with Crippen molar-refractivity contribution >= 4 is 22.8 Å². The van der Waals surface area contributed by atoms with Gasteiger partial charge >= 0.3 is 6.03 Å². The van der Waals surface area contributed by atoms with Gasteiger partial charge in [-0.05, 0) is 49.2 Å². The smallest absolute Gasteiger partial charge is 0.319 e. The molecule has 1 fully saturated rings. The quantitative estimate of drug-likeness (QED) is 0.743. The number of anilines is 1. The maximum atomic E-state index is 12.0. The molecular weight excluding hydrogens is 302 g/mol. The Bertz CT molecular complexity index is 815. The molecular formula is C19H19N3O2. The van der Waals surface area contributed by atoms with Gasteiger partial charge in [-0.2, -0.15) is 0 Å². The van der Waals surface area contributed by atoms with Crippen molar-refractivity contribution in [1.82, 2.24) is 10.3 Å². The summed E-state index contributed by atoms with van der Waals surface area (Å²) in [6, 6.07) is 15.4. The molecule has 3 aromatic rings. The topological polar surface area (TPSA) is 67.2 Å². The van der Waals surface area contributed by atoms with Gasteiger partial charge in [0.25, 0.3) is 0 Å². The van der Waals surface area contributed by atoms with Crippen LogP contribution in [0.1, 0.15) is 25.7 Å². The van der Waals surface area contributed by atoms with Gasteiger partial charge in [0, 0.05) is 17.3 Å². The number of aromatic nitrogens is 1. The Hall–Kier alpha value is -2.82. The minimum Gasteiger partial charge on any atom is -0.436 e. The van der Waals surface area contributed by atoms with Gasteiger partial charge in [-0.3, -0.25) is 0 Å². The first-order valence-electron chi connectivity index (χ1n) is 8.31. The van der Waals surface area contributed by atoms with Crippen molar-refractivity contribution in [2.75, 3.05) is 5.32 Å². The lowest BCUT2D eigenvalue weighted by Gasteiger charge is -2.13. The number of amides is 2. The van der Waals surface area contributed by atoms with E-state index in [4.69, 9.17) is 4.42 Å². The first-order valence-corrected chi connectivity index (χ1v) is 8.31. The highest BCUT2D eigenvalue weighted by atomic mass is 16.3. The lowest BCUT2D eigenvalue weighted by Crippen LogP contribution is -2.36. The molecule has 2 N–H and O–H groups in total. The fourth-order valence-electron chi connectivity index (χ4n) is 3.11. The highest BCUT2D eigenvalue weighted by Crippen LogP contribution is 2.25. The second-order valence-corrected chi connectivity index (χ2v) is 6.14. The number of hydrogen-bond donors (Lipinski definition) is 2. The second-order valence-electron chi connectivity index (χ2n) is 6.14. The summed E-state index contributed by atoms with van der Waals surface area (Å²) in [5.41, 5.74) is 3.24. The van der Waals surface area contributed by atoms with E-state index < -0.39 is 0 Å². The number of carbonyl (C=O) groups excluding carboxylic acids is 1. The molecule has 122 valence electrons. The van der Waals surface area contributed by atoms with Crippen LogP contribution >= 0.6 is 0 Å². The summed E-state index contributed by atoms with van der Waals surface area (Å²) in [5, 5.41) is 5.88. The Morgan fingerprint density at radius 1 is 1.04 bits per heavy atom. The molecule has 0 unspecified atom stereocenters. The summed E-state index contributed by atoms with van der Waals surface area (Å²) in [7, 11) is 0. The molecule has 2 amide bonds. The molecule has 0 atom stereocenters. The largest absolute Gasteiger partial charge is 0.436 e. The highest BCUT2D eigenvalue weighted by molar-refractivity contribution is 5.89. The van der Waals surface area contributed by atoms with Crippen LogP contribution in [0.5, 0.6) is 0 Å². The number of oxazole rings is 1. The summed E-state index contributed by atoms with van der Waals surface area (Å²) in [6.45, 7) is 0. The van der Waals surface area contributed by atoms with E-state index in [2.05, 4.69) is 15.6 Å². The predicted molar refractivity (Wildman–Crippen MR) is 93.9 cm³/mol. The Balaban J connectivity index is 1.45. The van der Waals surface area contributed by atoms with Gasteiger partial charge in [-0.25, -0.2) is 9.78 Å². The highest BCUT2D eigenvalue weighted by Gasteiger charge is 2.17. The molecule has 0 spiro atoms. The molecule has 1 heterocycles. The van der Waals surface area contributed by atoms with Crippen molar-refractivity contribution in [3.8, 4) is 11.5 Å². The Kier molecular flexibility index (Phi) is 3.91. The molecule has 0 bridgehead atoms. The number of carbonyl (C=O) groups is 1. The first kappa shape index (κ1) is 14.8. The monoisotopic (exact) mass is 321 g/mol. The summed E-state index contributed by atoms with van der Waals surface area (Å²) in [4.78, 5) is 16.5. The molecule has 1 aliphatic rings. The Labute approximate surface area is 140 Å². The van der Waals surface area contributed by atoms with Gasteiger partial charge in [0.15, 0.2) is 5.58 Å². The Morgan fingerprint density at radius 3 is 2.54 bits per heavy atom. The van der Waals surface area contributed by atoms with Gasteiger partial charge in [0.05, 0.1) is 0 Å². The van der Waals surface area contributed by atoms with E-state index >= 15 is 0 Å². The summed E-state index contributed by atoms with van der Waals surface area (Å²) in [6.07, 6.45) is 4.54. The van der Waals surface area contributed by atoms with E-state index in [1.165, 1.54) is 12.8 Å². The van der Waals surface area contributed by atoms with E-state index in [1.54, 1.807) is 0 Å². The number of nitrogens with zero attached hydrogens (tertiary/aromatic N) is 1. The van der Waals surface area contributed by atoms with Gasteiger partial charge in [-0.1, -0.05) is 25.0 Å². The fourth-order valence-corrected chi connectivity index (χ4v) is 3.11. The fraction of sp³-hybridized carbons (Fsp3) is 0.263. The van der Waals surface area contributed by atoms with Crippen molar-refractivity contribution in [2.45, 2.75) is 31.7 Å². The predicted octanol–water partition coefficient (Wildman–Crippen LogP) is 4.56.